The van der Waals surface area contributed by atoms with Gasteiger partial charge in [0.1, 0.15) is 11.5 Å². The third-order valence-corrected chi connectivity index (χ3v) is 3.86. The summed E-state index contributed by atoms with van der Waals surface area (Å²) in [5, 5.41) is 12.3. The molecule has 0 aromatic heterocycles. The van der Waals surface area contributed by atoms with Crippen LogP contribution < -0.4 is 10.1 Å². The molecular weight excluding hydrogens is 372 g/mol. The Morgan fingerprint density at radius 3 is 2.71 bits per heavy atom. The number of benzene rings is 2. The number of aromatic hydroxyl groups is 1. The maximum Gasteiger partial charge on any atom is 0.412 e. The fourth-order valence-electron chi connectivity index (χ4n) is 2.10. The van der Waals surface area contributed by atoms with Gasteiger partial charge in [0.15, 0.2) is 0 Å². The van der Waals surface area contributed by atoms with Crippen molar-refractivity contribution >= 4 is 33.9 Å². The Kier molecular flexibility index (Phi) is 5.98. The van der Waals surface area contributed by atoms with Gasteiger partial charge in [0.2, 0.25) is 0 Å². The first-order chi connectivity index (χ1) is 11.4. The number of phenols is 1. The minimum Gasteiger partial charge on any atom is -0.507 e. The zero-order chi connectivity index (χ0) is 17.7. The Morgan fingerprint density at radius 1 is 1.29 bits per heavy atom. The van der Waals surface area contributed by atoms with Crippen LogP contribution in [0.4, 0.5) is 10.5 Å². The van der Waals surface area contributed by atoms with Crippen molar-refractivity contribution in [2.24, 2.45) is 4.99 Å². The molecule has 0 saturated heterocycles. The number of carbonyl (C=O) groups excluding carboxylic acids is 1. The lowest BCUT2D eigenvalue weighted by molar-refractivity contribution is 0.203. The van der Waals surface area contributed by atoms with E-state index in [2.05, 4.69) is 26.2 Å². The van der Waals surface area contributed by atoms with Crippen LogP contribution in [0.15, 0.2) is 45.9 Å². The number of phenolic OH excluding ortho intramolecular Hbond substituents is 1. The van der Waals surface area contributed by atoms with Gasteiger partial charge in [0, 0.05) is 23.3 Å². The molecule has 2 N–H and O–H groups in total. The second-order valence-electron chi connectivity index (χ2n) is 5.48. The van der Waals surface area contributed by atoms with Crippen molar-refractivity contribution in [3.8, 4) is 11.5 Å². The molecule has 0 aliphatic rings. The largest absolute Gasteiger partial charge is 0.507 e. The minimum atomic E-state index is -0.514. The molecule has 24 heavy (non-hydrogen) atoms. The van der Waals surface area contributed by atoms with E-state index in [0.717, 1.165) is 15.7 Å². The Labute approximate surface area is 149 Å². The van der Waals surface area contributed by atoms with E-state index in [-0.39, 0.29) is 11.7 Å². The zero-order valence-electron chi connectivity index (χ0n) is 13.7. The Morgan fingerprint density at radius 2 is 2.04 bits per heavy atom. The molecular formula is C18H19BrN2O3. The Bertz CT molecular complexity index is 773. The van der Waals surface area contributed by atoms with Crippen LogP contribution in [0.2, 0.25) is 0 Å². The van der Waals surface area contributed by atoms with Crippen LogP contribution in [0.3, 0.4) is 0 Å². The van der Waals surface area contributed by atoms with Gasteiger partial charge in [-0.3, -0.25) is 4.99 Å². The van der Waals surface area contributed by atoms with E-state index in [1.165, 1.54) is 7.05 Å². The second-order valence-corrected chi connectivity index (χ2v) is 6.39. The van der Waals surface area contributed by atoms with Crippen LogP contribution in [-0.4, -0.2) is 24.5 Å². The van der Waals surface area contributed by atoms with Crippen molar-refractivity contribution in [2.75, 3.05) is 7.05 Å². The monoisotopic (exact) mass is 390 g/mol. The molecule has 0 atom stereocenters. The normalized spacial score (nSPS) is 11.0. The lowest BCUT2D eigenvalue weighted by Gasteiger charge is -2.12. The molecule has 5 nitrogen and oxygen atoms in total. The van der Waals surface area contributed by atoms with Gasteiger partial charge >= 0.3 is 6.09 Å². The summed E-state index contributed by atoms with van der Waals surface area (Å²) in [7, 11) is 1.51. The van der Waals surface area contributed by atoms with Gasteiger partial charge in [-0.2, -0.15) is 0 Å². The first kappa shape index (κ1) is 18.0. The van der Waals surface area contributed by atoms with Crippen molar-refractivity contribution in [3.05, 3.63) is 52.0 Å². The summed E-state index contributed by atoms with van der Waals surface area (Å²) in [4.78, 5) is 15.8. The summed E-state index contributed by atoms with van der Waals surface area (Å²) in [5.74, 6) is 0.816. The molecule has 0 aliphatic carbocycles. The lowest BCUT2D eigenvalue weighted by Crippen LogP contribution is -2.22. The number of hydrogen-bond acceptors (Lipinski definition) is 4. The molecule has 0 unspecified atom stereocenters. The average molecular weight is 391 g/mol. The summed E-state index contributed by atoms with van der Waals surface area (Å²) >= 11 is 3.37. The fourth-order valence-corrected chi connectivity index (χ4v) is 2.48. The van der Waals surface area contributed by atoms with Crippen molar-refractivity contribution in [1.29, 1.82) is 0 Å². The number of nitrogens with zero attached hydrogens (tertiary/aromatic N) is 1. The van der Waals surface area contributed by atoms with Crippen molar-refractivity contribution in [2.45, 2.75) is 19.8 Å². The van der Waals surface area contributed by atoms with E-state index in [9.17, 15) is 9.90 Å². The first-order valence-corrected chi connectivity index (χ1v) is 8.26. The van der Waals surface area contributed by atoms with Gasteiger partial charge < -0.3 is 15.2 Å². The zero-order valence-corrected chi connectivity index (χ0v) is 15.3. The number of hydrogen-bond donors (Lipinski definition) is 2. The number of nitrogens with one attached hydrogen (secondary N) is 1. The van der Waals surface area contributed by atoms with Gasteiger partial charge in [-0.05, 0) is 47.9 Å². The maximum atomic E-state index is 11.3. The standard InChI is InChI=1S/C18H19BrN2O3/c1-11(2)15-9-14(24-18(23)20-3)5-6-16(15)21-10-12-8-13(19)4-7-17(12)22/h4-11,22H,1-3H3,(H,20,23)/b21-10+. The van der Waals surface area contributed by atoms with E-state index >= 15 is 0 Å². The third-order valence-electron chi connectivity index (χ3n) is 3.37. The number of aliphatic imine (C=N–C) groups is 1. The van der Waals surface area contributed by atoms with Gasteiger partial charge in [0.05, 0.1) is 5.69 Å². The van der Waals surface area contributed by atoms with Crippen LogP contribution in [0, 0.1) is 0 Å². The molecule has 0 aliphatic heterocycles. The third kappa shape index (κ3) is 4.58. The first-order valence-electron chi connectivity index (χ1n) is 7.46. The SMILES string of the molecule is CNC(=O)Oc1ccc(/N=C/c2cc(Br)ccc2O)c(C(C)C)c1. The number of ether oxygens (including phenoxy) is 1. The van der Waals surface area contributed by atoms with Crippen molar-refractivity contribution < 1.29 is 14.6 Å². The van der Waals surface area contributed by atoms with E-state index in [0.29, 0.717) is 11.3 Å². The Balaban J connectivity index is 2.34. The van der Waals surface area contributed by atoms with Gasteiger partial charge in [-0.1, -0.05) is 29.8 Å². The highest BCUT2D eigenvalue weighted by Gasteiger charge is 2.10. The van der Waals surface area contributed by atoms with Crippen molar-refractivity contribution in [3.63, 3.8) is 0 Å². The predicted octanol–water partition coefficient (Wildman–Crippen LogP) is 4.75. The van der Waals surface area contributed by atoms with Crippen LogP contribution in [-0.2, 0) is 0 Å². The number of amides is 1. The average Bonchev–Trinajstić information content (AvgIpc) is 2.56. The highest BCUT2D eigenvalue weighted by molar-refractivity contribution is 9.10. The summed E-state index contributed by atoms with van der Waals surface area (Å²) in [5.41, 5.74) is 2.32. The summed E-state index contributed by atoms with van der Waals surface area (Å²) in [6.45, 7) is 4.07. The minimum absolute atomic E-state index is 0.160. The molecule has 0 bridgehead atoms. The predicted molar refractivity (Wildman–Crippen MR) is 98.7 cm³/mol. The van der Waals surface area contributed by atoms with E-state index < -0.39 is 6.09 Å². The Hall–Kier alpha value is -2.34. The van der Waals surface area contributed by atoms with Gasteiger partial charge in [0.25, 0.3) is 0 Å². The number of carbonyl (C=O) groups is 1. The highest BCUT2D eigenvalue weighted by Crippen LogP contribution is 2.31. The molecule has 2 aromatic rings. The topological polar surface area (TPSA) is 70.9 Å². The quantitative estimate of drug-likeness (QED) is 0.740. The van der Waals surface area contributed by atoms with E-state index in [1.54, 1.807) is 42.6 Å². The molecule has 0 radical (unpaired) electrons. The van der Waals surface area contributed by atoms with Gasteiger partial charge in [-0.15, -0.1) is 0 Å². The molecule has 0 spiro atoms. The molecule has 2 aromatic carbocycles. The smallest absolute Gasteiger partial charge is 0.412 e. The molecule has 0 fully saturated rings. The van der Waals surface area contributed by atoms with E-state index in [4.69, 9.17) is 4.74 Å². The molecule has 126 valence electrons. The molecule has 0 heterocycles. The summed E-state index contributed by atoms with van der Waals surface area (Å²) in [6.07, 6.45) is 1.10. The molecule has 2 rings (SSSR count). The summed E-state index contributed by atoms with van der Waals surface area (Å²) in [6, 6.07) is 10.4. The molecule has 1 amide bonds. The lowest BCUT2D eigenvalue weighted by atomic mass is 10.0. The fraction of sp³-hybridized carbons (Fsp3) is 0.222. The van der Waals surface area contributed by atoms with Crippen LogP contribution in [0.25, 0.3) is 0 Å². The second kappa shape index (κ2) is 7.97. The van der Waals surface area contributed by atoms with Crippen LogP contribution >= 0.6 is 15.9 Å². The number of rotatable bonds is 4. The number of halogens is 1. The molecule has 6 heteroatoms. The summed E-state index contributed by atoms with van der Waals surface area (Å²) < 4.78 is 6.02. The van der Waals surface area contributed by atoms with E-state index in [1.807, 2.05) is 13.8 Å². The highest BCUT2D eigenvalue weighted by atomic mass is 79.9. The van der Waals surface area contributed by atoms with Crippen LogP contribution in [0.1, 0.15) is 30.9 Å². The van der Waals surface area contributed by atoms with Crippen molar-refractivity contribution in [1.82, 2.24) is 5.32 Å². The maximum absolute atomic E-state index is 11.3. The van der Waals surface area contributed by atoms with Crippen LogP contribution in [0.5, 0.6) is 11.5 Å². The molecule has 0 saturated carbocycles. The van der Waals surface area contributed by atoms with Gasteiger partial charge in [-0.25, -0.2) is 4.79 Å².